The molecular weight excluding hydrogens is 322 g/mol. The van der Waals surface area contributed by atoms with Crippen molar-refractivity contribution < 1.29 is 18.7 Å². The number of hydrogen-bond donors (Lipinski definition) is 1. The van der Waals surface area contributed by atoms with Crippen molar-refractivity contribution in [3.8, 4) is 0 Å². The summed E-state index contributed by atoms with van der Waals surface area (Å²) in [5, 5.41) is 2.92. The SMILES string of the molecule is O=C1OCCN1c1cccc(NC(=O)N(Cc2ccco2)C2CC2)c1. The molecule has 0 spiro atoms. The molecule has 3 amide bonds. The zero-order valence-corrected chi connectivity index (χ0v) is 13.7. The molecule has 1 aliphatic heterocycles. The summed E-state index contributed by atoms with van der Waals surface area (Å²) in [6.45, 7) is 1.35. The lowest BCUT2D eigenvalue weighted by Crippen LogP contribution is -2.36. The van der Waals surface area contributed by atoms with E-state index in [1.54, 1.807) is 28.2 Å². The number of hydrogen-bond acceptors (Lipinski definition) is 4. The largest absolute Gasteiger partial charge is 0.467 e. The number of carbonyl (C=O) groups excluding carboxylic acids is 2. The molecule has 1 aromatic carbocycles. The number of ether oxygens (including phenoxy) is 1. The monoisotopic (exact) mass is 341 g/mol. The fourth-order valence-electron chi connectivity index (χ4n) is 2.90. The molecule has 0 radical (unpaired) electrons. The quantitative estimate of drug-likeness (QED) is 0.904. The molecule has 2 heterocycles. The van der Waals surface area contributed by atoms with E-state index in [0.29, 0.717) is 31.1 Å². The van der Waals surface area contributed by atoms with E-state index in [-0.39, 0.29) is 18.2 Å². The number of carbonyl (C=O) groups is 2. The molecule has 1 N–H and O–H groups in total. The first-order chi connectivity index (χ1) is 12.2. The van der Waals surface area contributed by atoms with Crippen LogP contribution in [0.15, 0.2) is 47.1 Å². The first kappa shape index (κ1) is 15.6. The molecule has 2 fully saturated rings. The van der Waals surface area contributed by atoms with Crippen molar-refractivity contribution in [1.82, 2.24) is 4.90 Å². The number of nitrogens with one attached hydrogen (secondary N) is 1. The highest BCUT2D eigenvalue weighted by Gasteiger charge is 2.33. The minimum absolute atomic E-state index is 0.167. The summed E-state index contributed by atoms with van der Waals surface area (Å²) < 4.78 is 10.3. The van der Waals surface area contributed by atoms with E-state index >= 15 is 0 Å². The van der Waals surface area contributed by atoms with Crippen molar-refractivity contribution in [2.45, 2.75) is 25.4 Å². The Labute approximate surface area is 145 Å². The highest BCUT2D eigenvalue weighted by atomic mass is 16.6. The fraction of sp³-hybridized carbons (Fsp3) is 0.333. The second-order valence-electron chi connectivity index (χ2n) is 6.18. The van der Waals surface area contributed by atoms with Gasteiger partial charge in [-0.05, 0) is 43.2 Å². The third kappa shape index (κ3) is 3.45. The normalized spacial score (nSPS) is 16.6. The van der Waals surface area contributed by atoms with Crippen LogP contribution in [-0.4, -0.2) is 36.2 Å². The van der Waals surface area contributed by atoms with Crippen LogP contribution in [0.25, 0.3) is 0 Å². The van der Waals surface area contributed by atoms with Crippen LogP contribution >= 0.6 is 0 Å². The smallest absolute Gasteiger partial charge is 0.414 e. The molecule has 130 valence electrons. The minimum Gasteiger partial charge on any atom is -0.467 e. The number of anilines is 2. The van der Waals surface area contributed by atoms with Crippen LogP contribution in [0.5, 0.6) is 0 Å². The summed E-state index contributed by atoms with van der Waals surface area (Å²) in [5.74, 6) is 0.760. The Hall–Kier alpha value is -2.96. The number of nitrogens with zero attached hydrogens (tertiary/aromatic N) is 2. The van der Waals surface area contributed by atoms with Crippen LogP contribution in [0.3, 0.4) is 0 Å². The zero-order valence-electron chi connectivity index (χ0n) is 13.7. The molecule has 1 saturated heterocycles. The van der Waals surface area contributed by atoms with Crippen LogP contribution < -0.4 is 10.2 Å². The maximum atomic E-state index is 12.7. The first-order valence-electron chi connectivity index (χ1n) is 8.35. The van der Waals surface area contributed by atoms with Gasteiger partial charge in [0.25, 0.3) is 0 Å². The number of benzene rings is 1. The van der Waals surface area contributed by atoms with Gasteiger partial charge in [-0.2, -0.15) is 0 Å². The number of furan rings is 1. The van der Waals surface area contributed by atoms with Gasteiger partial charge < -0.3 is 19.4 Å². The first-order valence-corrected chi connectivity index (χ1v) is 8.35. The second-order valence-corrected chi connectivity index (χ2v) is 6.18. The Morgan fingerprint density at radius 3 is 2.84 bits per heavy atom. The van der Waals surface area contributed by atoms with E-state index < -0.39 is 0 Å². The summed E-state index contributed by atoms with van der Waals surface area (Å²) in [6.07, 6.45) is 3.26. The van der Waals surface area contributed by atoms with Crippen LogP contribution in [0.1, 0.15) is 18.6 Å². The molecule has 1 aliphatic carbocycles. The van der Waals surface area contributed by atoms with Crippen LogP contribution in [0, 0.1) is 0 Å². The minimum atomic E-state index is -0.360. The maximum Gasteiger partial charge on any atom is 0.414 e. The van der Waals surface area contributed by atoms with E-state index in [2.05, 4.69) is 5.32 Å². The van der Waals surface area contributed by atoms with E-state index in [0.717, 1.165) is 18.6 Å². The number of amides is 3. The highest BCUT2D eigenvalue weighted by Crippen LogP contribution is 2.29. The molecule has 25 heavy (non-hydrogen) atoms. The van der Waals surface area contributed by atoms with Gasteiger partial charge in [-0.1, -0.05) is 6.07 Å². The Morgan fingerprint density at radius 2 is 2.16 bits per heavy atom. The summed E-state index contributed by atoms with van der Waals surface area (Å²) in [6, 6.07) is 11.0. The van der Waals surface area contributed by atoms with Gasteiger partial charge in [-0.3, -0.25) is 4.90 Å². The third-order valence-corrected chi connectivity index (χ3v) is 4.32. The van der Waals surface area contributed by atoms with Gasteiger partial charge in [0.2, 0.25) is 0 Å². The molecule has 7 nitrogen and oxygen atoms in total. The lowest BCUT2D eigenvalue weighted by Gasteiger charge is -2.22. The molecule has 1 aromatic heterocycles. The molecule has 1 saturated carbocycles. The second kappa shape index (κ2) is 6.51. The van der Waals surface area contributed by atoms with E-state index in [1.807, 2.05) is 24.3 Å². The fourth-order valence-corrected chi connectivity index (χ4v) is 2.90. The number of urea groups is 1. The van der Waals surface area contributed by atoms with Gasteiger partial charge in [-0.25, -0.2) is 9.59 Å². The van der Waals surface area contributed by atoms with Gasteiger partial charge >= 0.3 is 12.1 Å². The van der Waals surface area contributed by atoms with E-state index in [9.17, 15) is 9.59 Å². The standard InChI is InChI=1S/C18H19N3O4/c22-17(21(14-6-7-14)12-16-5-2-9-24-16)19-13-3-1-4-15(11-13)20-8-10-25-18(20)23/h1-5,9,11,14H,6-8,10,12H2,(H,19,22). The molecule has 2 aromatic rings. The van der Waals surface area contributed by atoms with Crippen molar-refractivity contribution >= 4 is 23.5 Å². The molecule has 7 heteroatoms. The van der Waals surface area contributed by atoms with Crippen molar-refractivity contribution in [2.24, 2.45) is 0 Å². The Balaban J connectivity index is 1.47. The maximum absolute atomic E-state index is 12.7. The van der Waals surface area contributed by atoms with E-state index in [1.165, 1.54) is 0 Å². The van der Waals surface area contributed by atoms with Crippen LogP contribution in [-0.2, 0) is 11.3 Å². The summed E-state index contributed by atoms with van der Waals surface area (Å²) in [5.41, 5.74) is 1.36. The van der Waals surface area contributed by atoms with Crippen LogP contribution in [0.2, 0.25) is 0 Å². The molecule has 0 bridgehead atoms. The molecule has 4 rings (SSSR count). The van der Waals surface area contributed by atoms with Crippen molar-refractivity contribution in [3.05, 3.63) is 48.4 Å². The van der Waals surface area contributed by atoms with Gasteiger partial charge in [0.05, 0.1) is 19.4 Å². The number of cyclic esters (lactones) is 1. The summed E-state index contributed by atoms with van der Waals surface area (Å²) in [4.78, 5) is 27.7. The topological polar surface area (TPSA) is 75.0 Å². The lowest BCUT2D eigenvalue weighted by atomic mass is 10.2. The third-order valence-electron chi connectivity index (χ3n) is 4.32. The molecule has 2 aliphatic rings. The Kier molecular flexibility index (Phi) is 4.05. The summed E-state index contributed by atoms with van der Waals surface area (Å²) >= 11 is 0. The van der Waals surface area contributed by atoms with Gasteiger partial charge in [0, 0.05) is 17.4 Å². The predicted octanol–water partition coefficient (Wildman–Crippen LogP) is 3.43. The summed E-state index contributed by atoms with van der Waals surface area (Å²) in [7, 11) is 0. The Morgan fingerprint density at radius 1 is 1.28 bits per heavy atom. The molecule has 0 unspecified atom stereocenters. The van der Waals surface area contributed by atoms with Gasteiger partial charge in [0.15, 0.2) is 0 Å². The average molecular weight is 341 g/mol. The van der Waals surface area contributed by atoms with Gasteiger partial charge in [0.1, 0.15) is 12.4 Å². The van der Waals surface area contributed by atoms with Crippen molar-refractivity contribution in [2.75, 3.05) is 23.4 Å². The highest BCUT2D eigenvalue weighted by molar-refractivity contribution is 5.93. The van der Waals surface area contributed by atoms with Crippen LogP contribution in [0.4, 0.5) is 21.0 Å². The lowest BCUT2D eigenvalue weighted by molar-refractivity contribution is 0.181. The molecule has 0 atom stereocenters. The zero-order chi connectivity index (χ0) is 17.2. The predicted molar refractivity (Wildman–Crippen MR) is 91.4 cm³/mol. The van der Waals surface area contributed by atoms with Crippen molar-refractivity contribution in [3.63, 3.8) is 0 Å². The van der Waals surface area contributed by atoms with E-state index in [4.69, 9.17) is 9.15 Å². The van der Waals surface area contributed by atoms with Gasteiger partial charge in [-0.15, -0.1) is 0 Å². The average Bonchev–Trinajstić information content (AvgIpc) is 3.13. The number of rotatable bonds is 5. The van der Waals surface area contributed by atoms with Crippen molar-refractivity contribution in [1.29, 1.82) is 0 Å². The molecular formula is C18H19N3O4. The Bertz CT molecular complexity index is 770.